The van der Waals surface area contributed by atoms with Crippen LogP contribution >= 0.6 is 0 Å². The first kappa shape index (κ1) is 17.7. The molecule has 0 spiro atoms. The molecule has 1 aromatic carbocycles. The number of carbonyl (C=O) groups is 1. The molecule has 0 N–H and O–H groups in total. The topological polar surface area (TPSA) is 94.6 Å². The van der Waals surface area contributed by atoms with Crippen LogP contribution in [0.1, 0.15) is 37.1 Å². The van der Waals surface area contributed by atoms with Gasteiger partial charge in [-0.2, -0.15) is 4.68 Å². The smallest absolute Gasteiger partial charge is 0.227 e. The molecule has 0 saturated heterocycles. The number of aryl methyl sites for hydroxylation is 1. The molecule has 136 valence electrons. The summed E-state index contributed by atoms with van der Waals surface area (Å²) >= 11 is 0. The maximum Gasteiger partial charge on any atom is 0.227 e. The SMILES string of the molecule is Cc1nnnn1-c1ccc(CC(=O)N(C)Cc2nncn2C(C)C)cc1. The van der Waals surface area contributed by atoms with Gasteiger partial charge in [0.1, 0.15) is 6.33 Å². The molecule has 0 fully saturated rings. The van der Waals surface area contributed by atoms with Gasteiger partial charge in [0.05, 0.1) is 18.7 Å². The lowest BCUT2D eigenvalue weighted by atomic mass is 10.1. The molecule has 9 heteroatoms. The maximum atomic E-state index is 12.5. The standard InChI is InChI=1S/C17H22N8O/c1-12(2)24-11-18-20-16(24)10-23(4)17(26)9-14-5-7-15(8-6-14)25-13(3)19-21-22-25/h5-8,11-12H,9-10H2,1-4H3. The molecular formula is C17H22N8O. The summed E-state index contributed by atoms with van der Waals surface area (Å²) in [5.74, 6) is 1.51. The summed E-state index contributed by atoms with van der Waals surface area (Å²) in [5.41, 5.74) is 1.80. The summed E-state index contributed by atoms with van der Waals surface area (Å²) in [6, 6.07) is 7.89. The third-order valence-electron chi connectivity index (χ3n) is 4.17. The van der Waals surface area contributed by atoms with Gasteiger partial charge in [0.15, 0.2) is 11.6 Å². The lowest BCUT2D eigenvalue weighted by Gasteiger charge is -2.18. The van der Waals surface area contributed by atoms with E-state index in [0.29, 0.717) is 18.8 Å². The van der Waals surface area contributed by atoms with E-state index in [9.17, 15) is 4.79 Å². The van der Waals surface area contributed by atoms with Gasteiger partial charge < -0.3 is 9.47 Å². The van der Waals surface area contributed by atoms with Crippen molar-refractivity contribution >= 4 is 5.91 Å². The minimum Gasteiger partial charge on any atom is -0.338 e. The van der Waals surface area contributed by atoms with Gasteiger partial charge in [-0.15, -0.1) is 15.3 Å². The van der Waals surface area contributed by atoms with Crippen molar-refractivity contribution in [3.8, 4) is 5.69 Å². The van der Waals surface area contributed by atoms with Crippen LogP contribution in [0.3, 0.4) is 0 Å². The van der Waals surface area contributed by atoms with Crippen LogP contribution in [0.15, 0.2) is 30.6 Å². The monoisotopic (exact) mass is 354 g/mol. The van der Waals surface area contributed by atoms with Crippen LogP contribution in [-0.4, -0.2) is 52.8 Å². The van der Waals surface area contributed by atoms with Crippen LogP contribution < -0.4 is 0 Å². The van der Waals surface area contributed by atoms with Crippen LogP contribution in [0.2, 0.25) is 0 Å². The fourth-order valence-corrected chi connectivity index (χ4v) is 2.65. The third-order valence-corrected chi connectivity index (χ3v) is 4.17. The fourth-order valence-electron chi connectivity index (χ4n) is 2.65. The van der Waals surface area contributed by atoms with Gasteiger partial charge in [-0.25, -0.2) is 0 Å². The number of amides is 1. The molecule has 0 unspecified atom stereocenters. The summed E-state index contributed by atoms with van der Waals surface area (Å²) in [6.45, 7) is 6.38. The largest absolute Gasteiger partial charge is 0.338 e. The Bertz CT molecular complexity index is 880. The van der Waals surface area contributed by atoms with Crippen molar-refractivity contribution in [2.75, 3.05) is 7.05 Å². The second kappa shape index (κ2) is 7.42. The minimum absolute atomic E-state index is 0.0228. The molecule has 0 saturated carbocycles. The van der Waals surface area contributed by atoms with Crippen LogP contribution in [-0.2, 0) is 17.8 Å². The Hall–Kier alpha value is -3.10. The predicted molar refractivity (Wildman–Crippen MR) is 94.5 cm³/mol. The molecule has 3 rings (SSSR count). The van der Waals surface area contributed by atoms with Crippen molar-refractivity contribution in [3.05, 3.63) is 47.8 Å². The molecule has 2 heterocycles. The molecule has 1 amide bonds. The molecule has 26 heavy (non-hydrogen) atoms. The van der Waals surface area contributed by atoms with E-state index in [0.717, 1.165) is 17.1 Å². The van der Waals surface area contributed by atoms with Crippen molar-refractivity contribution in [1.82, 2.24) is 39.9 Å². The van der Waals surface area contributed by atoms with Crippen LogP contribution in [0.4, 0.5) is 0 Å². The van der Waals surface area contributed by atoms with E-state index in [4.69, 9.17) is 0 Å². The van der Waals surface area contributed by atoms with Crippen molar-refractivity contribution in [3.63, 3.8) is 0 Å². The predicted octanol–water partition coefficient (Wildman–Crippen LogP) is 1.34. The highest BCUT2D eigenvalue weighted by atomic mass is 16.2. The van der Waals surface area contributed by atoms with E-state index in [1.54, 1.807) is 23.0 Å². The molecule has 2 aromatic heterocycles. The molecule has 0 bridgehead atoms. The van der Waals surface area contributed by atoms with Crippen molar-refractivity contribution in [1.29, 1.82) is 0 Å². The average molecular weight is 354 g/mol. The number of benzene rings is 1. The second-order valence-corrected chi connectivity index (χ2v) is 6.48. The Morgan fingerprint density at radius 2 is 1.92 bits per heavy atom. The van der Waals surface area contributed by atoms with Gasteiger partial charge in [0, 0.05) is 13.1 Å². The summed E-state index contributed by atoms with van der Waals surface area (Å²) in [7, 11) is 1.78. The van der Waals surface area contributed by atoms with Crippen LogP contribution in [0.25, 0.3) is 5.69 Å². The molecule has 0 radical (unpaired) electrons. The van der Waals surface area contributed by atoms with Crippen molar-refractivity contribution in [2.24, 2.45) is 0 Å². The van der Waals surface area contributed by atoms with E-state index >= 15 is 0 Å². The minimum atomic E-state index is 0.0228. The fraction of sp³-hybridized carbons (Fsp3) is 0.412. The lowest BCUT2D eigenvalue weighted by Crippen LogP contribution is -2.29. The van der Waals surface area contributed by atoms with Crippen molar-refractivity contribution < 1.29 is 4.79 Å². The van der Waals surface area contributed by atoms with E-state index in [2.05, 4.69) is 39.6 Å². The first-order chi connectivity index (χ1) is 12.5. The van der Waals surface area contributed by atoms with E-state index in [1.807, 2.05) is 35.8 Å². The molecular weight excluding hydrogens is 332 g/mol. The van der Waals surface area contributed by atoms with E-state index < -0.39 is 0 Å². The molecule has 0 aliphatic carbocycles. The second-order valence-electron chi connectivity index (χ2n) is 6.48. The Labute approximate surface area is 151 Å². The summed E-state index contributed by atoms with van der Waals surface area (Å²) in [5, 5.41) is 19.5. The number of tetrazole rings is 1. The maximum absolute atomic E-state index is 12.5. The highest BCUT2D eigenvalue weighted by molar-refractivity contribution is 5.78. The zero-order valence-electron chi connectivity index (χ0n) is 15.4. The van der Waals surface area contributed by atoms with Crippen LogP contribution in [0.5, 0.6) is 0 Å². The number of carbonyl (C=O) groups excluding carboxylic acids is 1. The number of hydrogen-bond acceptors (Lipinski definition) is 6. The van der Waals surface area contributed by atoms with Gasteiger partial charge in [-0.1, -0.05) is 12.1 Å². The Kier molecular flexibility index (Phi) is 5.06. The Balaban J connectivity index is 1.64. The molecule has 9 nitrogen and oxygen atoms in total. The quantitative estimate of drug-likeness (QED) is 0.663. The van der Waals surface area contributed by atoms with Gasteiger partial charge in [0.2, 0.25) is 5.91 Å². The van der Waals surface area contributed by atoms with E-state index in [-0.39, 0.29) is 11.9 Å². The number of rotatable bonds is 6. The van der Waals surface area contributed by atoms with Gasteiger partial charge in [0.25, 0.3) is 0 Å². The average Bonchev–Trinajstić information content (AvgIpc) is 3.24. The highest BCUT2D eigenvalue weighted by Crippen LogP contribution is 2.12. The van der Waals surface area contributed by atoms with Crippen molar-refractivity contribution in [2.45, 2.75) is 39.8 Å². The van der Waals surface area contributed by atoms with Gasteiger partial charge >= 0.3 is 0 Å². The highest BCUT2D eigenvalue weighted by Gasteiger charge is 2.15. The third kappa shape index (κ3) is 3.76. The molecule has 0 aliphatic rings. The van der Waals surface area contributed by atoms with E-state index in [1.165, 1.54) is 0 Å². The first-order valence-electron chi connectivity index (χ1n) is 8.42. The summed E-state index contributed by atoms with van der Waals surface area (Å²) in [4.78, 5) is 14.2. The summed E-state index contributed by atoms with van der Waals surface area (Å²) in [6.07, 6.45) is 2.01. The Morgan fingerprint density at radius 3 is 2.54 bits per heavy atom. The normalized spacial score (nSPS) is 11.1. The molecule has 3 aromatic rings. The number of aromatic nitrogens is 7. The molecule has 0 atom stereocenters. The lowest BCUT2D eigenvalue weighted by molar-refractivity contribution is -0.129. The zero-order chi connectivity index (χ0) is 18.7. The number of nitrogens with zero attached hydrogens (tertiary/aromatic N) is 8. The molecule has 0 aliphatic heterocycles. The van der Waals surface area contributed by atoms with Gasteiger partial charge in [-0.3, -0.25) is 4.79 Å². The number of hydrogen-bond donors (Lipinski definition) is 0. The number of likely N-dealkylation sites (N-methyl/N-ethyl adjacent to an activating group) is 1. The van der Waals surface area contributed by atoms with Gasteiger partial charge in [-0.05, 0) is 48.9 Å². The first-order valence-corrected chi connectivity index (χ1v) is 8.42. The zero-order valence-corrected chi connectivity index (χ0v) is 15.4. The Morgan fingerprint density at radius 1 is 1.19 bits per heavy atom. The summed E-state index contributed by atoms with van der Waals surface area (Å²) < 4.78 is 3.61. The van der Waals surface area contributed by atoms with Crippen LogP contribution in [0, 0.1) is 6.92 Å².